The highest BCUT2D eigenvalue weighted by atomic mass is 79.9. The van der Waals surface area contributed by atoms with Crippen LogP contribution in [0.15, 0.2) is 40.9 Å². The van der Waals surface area contributed by atoms with Crippen molar-refractivity contribution in [3.63, 3.8) is 0 Å². The Bertz CT molecular complexity index is 837. The maximum absolute atomic E-state index is 6.28. The van der Waals surface area contributed by atoms with E-state index in [4.69, 9.17) is 23.2 Å². The van der Waals surface area contributed by atoms with Crippen molar-refractivity contribution in [2.45, 2.75) is 0 Å². The van der Waals surface area contributed by atoms with Gasteiger partial charge in [-0.25, -0.2) is 9.97 Å². The van der Waals surface area contributed by atoms with Crippen LogP contribution in [0.4, 0.5) is 5.82 Å². The largest absolute Gasteiger partial charge is 0.373 e. The Kier molecular flexibility index (Phi) is 4.02. The predicted octanol–water partition coefficient (Wildman–Crippen LogP) is 5.41. The molecule has 0 amide bonds. The summed E-state index contributed by atoms with van der Waals surface area (Å²) in [5, 5.41) is 5.20. The Morgan fingerprint density at radius 2 is 1.86 bits per heavy atom. The fraction of sp³-hybridized carbons (Fsp3) is 0.0667. The van der Waals surface area contributed by atoms with Gasteiger partial charge in [-0.3, -0.25) is 0 Å². The summed E-state index contributed by atoms with van der Waals surface area (Å²) in [4.78, 5) is 9.12. The van der Waals surface area contributed by atoms with Crippen LogP contribution in [0.5, 0.6) is 0 Å². The lowest BCUT2D eigenvalue weighted by atomic mass is 10.2. The van der Waals surface area contributed by atoms with E-state index in [2.05, 4.69) is 31.2 Å². The van der Waals surface area contributed by atoms with Gasteiger partial charge in [-0.2, -0.15) is 0 Å². The summed E-state index contributed by atoms with van der Waals surface area (Å²) in [7, 11) is 1.82. The van der Waals surface area contributed by atoms with Crippen LogP contribution in [-0.4, -0.2) is 17.0 Å². The molecule has 0 radical (unpaired) electrons. The number of hydrogen-bond donors (Lipinski definition) is 1. The molecule has 0 atom stereocenters. The van der Waals surface area contributed by atoms with Crippen molar-refractivity contribution in [3.8, 4) is 11.4 Å². The molecule has 0 aliphatic heterocycles. The molecule has 3 aromatic rings. The SMILES string of the molecule is CNc1nc(-c2ccc(Br)cc2Cl)nc2ccc(Cl)cc12. The summed E-state index contributed by atoms with van der Waals surface area (Å²) < 4.78 is 0.915. The summed E-state index contributed by atoms with van der Waals surface area (Å²) in [5.74, 6) is 1.29. The number of halogens is 3. The molecule has 0 aliphatic rings. The number of aromatic nitrogens is 2. The Morgan fingerprint density at radius 3 is 2.57 bits per heavy atom. The highest BCUT2D eigenvalue weighted by Crippen LogP contribution is 2.31. The second kappa shape index (κ2) is 5.79. The second-order valence-electron chi connectivity index (χ2n) is 4.43. The zero-order valence-corrected chi connectivity index (χ0v) is 14.1. The van der Waals surface area contributed by atoms with E-state index < -0.39 is 0 Å². The molecule has 0 spiro atoms. The first kappa shape index (κ1) is 14.6. The number of nitrogens with one attached hydrogen (secondary N) is 1. The lowest BCUT2D eigenvalue weighted by Crippen LogP contribution is -1.99. The van der Waals surface area contributed by atoms with Gasteiger partial charge in [0.15, 0.2) is 5.82 Å². The lowest BCUT2D eigenvalue weighted by Gasteiger charge is -2.09. The minimum absolute atomic E-state index is 0.576. The molecule has 21 heavy (non-hydrogen) atoms. The first-order valence-corrected chi connectivity index (χ1v) is 7.74. The first-order chi connectivity index (χ1) is 10.1. The van der Waals surface area contributed by atoms with E-state index in [0.717, 1.165) is 26.8 Å². The summed E-state index contributed by atoms with van der Waals surface area (Å²) in [6.45, 7) is 0. The molecule has 3 nitrogen and oxygen atoms in total. The number of nitrogens with zero attached hydrogens (tertiary/aromatic N) is 2. The fourth-order valence-corrected chi connectivity index (χ4v) is 3.01. The van der Waals surface area contributed by atoms with Crippen molar-refractivity contribution >= 4 is 55.9 Å². The van der Waals surface area contributed by atoms with E-state index in [9.17, 15) is 0 Å². The Labute approximate surface area is 140 Å². The molecule has 0 saturated carbocycles. The third-order valence-electron chi connectivity index (χ3n) is 3.07. The minimum Gasteiger partial charge on any atom is -0.373 e. The Hall–Kier alpha value is -1.36. The smallest absolute Gasteiger partial charge is 0.163 e. The van der Waals surface area contributed by atoms with Crippen LogP contribution < -0.4 is 5.32 Å². The van der Waals surface area contributed by atoms with Gasteiger partial charge in [0.05, 0.1) is 10.5 Å². The zero-order chi connectivity index (χ0) is 15.0. The standard InChI is InChI=1S/C15H10BrCl2N3/c1-19-14-11-7-9(17)3-5-13(11)20-15(21-14)10-4-2-8(16)6-12(10)18/h2-7H,1H3,(H,19,20,21). The van der Waals surface area contributed by atoms with Crippen LogP contribution in [0.25, 0.3) is 22.3 Å². The molecule has 0 bridgehead atoms. The van der Waals surface area contributed by atoms with E-state index in [1.54, 1.807) is 0 Å². The summed E-state index contributed by atoms with van der Waals surface area (Å²) in [5.41, 5.74) is 1.60. The van der Waals surface area contributed by atoms with Gasteiger partial charge in [0.1, 0.15) is 5.82 Å². The Balaban J connectivity index is 2.26. The second-order valence-corrected chi connectivity index (χ2v) is 6.19. The zero-order valence-electron chi connectivity index (χ0n) is 11.0. The number of anilines is 1. The number of rotatable bonds is 2. The maximum Gasteiger partial charge on any atom is 0.163 e. The molecule has 3 rings (SSSR count). The third kappa shape index (κ3) is 2.84. The van der Waals surface area contributed by atoms with Crippen molar-refractivity contribution in [2.24, 2.45) is 0 Å². The molecular weight excluding hydrogens is 373 g/mol. The summed E-state index contributed by atoms with van der Waals surface area (Å²) in [6.07, 6.45) is 0. The normalized spacial score (nSPS) is 10.9. The number of fused-ring (bicyclic) bond motifs is 1. The van der Waals surface area contributed by atoms with E-state index in [1.807, 2.05) is 43.4 Å². The van der Waals surface area contributed by atoms with Crippen molar-refractivity contribution in [1.29, 1.82) is 0 Å². The molecule has 2 aromatic carbocycles. The minimum atomic E-state index is 0.576. The van der Waals surface area contributed by atoms with Gasteiger partial charge in [-0.1, -0.05) is 39.1 Å². The van der Waals surface area contributed by atoms with Gasteiger partial charge >= 0.3 is 0 Å². The van der Waals surface area contributed by atoms with Crippen molar-refractivity contribution in [2.75, 3.05) is 12.4 Å². The van der Waals surface area contributed by atoms with Crippen LogP contribution in [-0.2, 0) is 0 Å². The molecule has 106 valence electrons. The first-order valence-electron chi connectivity index (χ1n) is 6.19. The van der Waals surface area contributed by atoms with Crippen molar-refractivity contribution in [1.82, 2.24) is 9.97 Å². The molecule has 1 aromatic heterocycles. The van der Waals surface area contributed by atoms with Gasteiger partial charge in [0.25, 0.3) is 0 Å². The van der Waals surface area contributed by atoms with Gasteiger partial charge in [-0.15, -0.1) is 0 Å². The van der Waals surface area contributed by atoms with Gasteiger partial charge in [-0.05, 0) is 36.4 Å². The average Bonchev–Trinajstić information content (AvgIpc) is 2.46. The highest BCUT2D eigenvalue weighted by molar-refractivity contribution is 9.10. The molecule has 1 heterocycles. The van der Waals surface area contributed by atoms with Gasteiger partial charge in [0, 0.05) is 27.5 Å². The number of benzene rings is 2. The fourth-order valence-electron chi connectivity index (χ4n) is 2.08. The topological polar surface area (TPSA) is 37.8 Å². The summed E-state index contributed by atoms with van der Waals surface area (Å²) >= 11 is 15.7. The predicted molar refractivity (Wildman–Crippen MR) is 92.2 cm³/mol. The average molecular weight is 383 g/mol. The van der Waals surface area contributed by atoms with E-state index in [1.165, 1.54) is 0 Å². The third-order valence-corrected chi connectivity index (χ3v) is 4.11. The van der Waals surface area contributed by atoms with Crippen LogP contribution in [0.2, 0.25) is 10.0 Å². The van der Waals surface area contributed by atoms with Crippen LogP contribution in [0.1, 0.15) is 0 Å². The van der Waals surface area contributed by atoms with Crippen molar-refractivity contribution < 1.29 is 0 Å². The van der Waals surface area contributed by atoms with Gasteiger partial charge in [0.2, 0.25) is 0 Å². The van der Waals surface area contributed by atoms with Crippen LogP contribution >= 0.6 is 39.1 Å². The molecule has 0 saturated heterocycles. The maximum atomic E-state index is 6.28. The van der Waals surface area contributed by atoms with Crippen LogP contribution in [0, 0.1) is 0 Å². The van der Waals surface area contributed by atoms with E-state index in [-0.39, 0.29) is 0 Å². The van der Waals surface area contributed by atoms with E-state index in [0.29, 0.717) is 15.9 Å². The molecule has 0 aliphatic carbocycles. The number of hydrogen-bond acceptors (Lipinski definition) is 3. The summed E-state index contributed by atoms with van der Waals surface area (Å²) in [6, 6.07) is 11.2. The molecular formula is C15H10BrCl2N3. The molecule has 0 fully saturated rings. The lowest BCUT2D eigenvalue weighted by molar-refractivity contribution is 1.21. The quantitative estimate of drug-likeness (QED) is 0.644. The Morgan fingerprint density at radius 1 is 1.05 bits per heavy atom. The van der Waals surface area contributed by atoms with Crippen LogP contribution in [0.3, 0.4) is 0 Å². The molecule has 1 N–H and O–H groups in total. The highest BCUT2D eigenvalue weighted by Gasteiger charge is 2.12. The van der Waals surface area contributed by atoms with E-state index >= 15 is 0 Å². The molecule has 6 heteroatoms. The monoisotopic (exact) mass is 381 g/mol. The van der Waals surface area contributed by atoms with Gasteiger partial charge < -0.3 is 5.32 Å². The molecule has 0 unspecified atom stereocenters. The van der Waals surface area contributed by atoms with Crippen molar-refractivity contribution in [3.05, 3.63) is 50.9 Å².